The van der Waals surface area contributed by atoms with Gasteiger partial charge in [-0.05, 0) is 25.0 Å². The summed E-state index contributed by atoms with van der Waals surface area (Å²) in [5.41, 5.74) is -0.153. The second kappa shape index (κ2) is 6.63. The Bertz CT molecular complexity index is 692. The van der Waals surface area contributed by atoms with Crippen LogP contribution >= 0.6 is 0 Å². The second-order valence-electron chi connectivity index (χ2n) is 5.66. The number of nitrogens with zero attached hydrogens (tertiary/aromatic N) is 3. The van der Waals surface area contributed by atoms with E-state index in [4.69, 9.17) is 0 Å². The van der Waals surface area contributed by atoms with Crippen LogP contribution in [0, 0.1) is 16.0 Å². The van der Waals surface area contributed by atoms with Crippen LogP contribution < -0.4 is 0 Å². The van der Waals surface area contributed by atoms with Crippen LogP contribution in [0.2, 0.25) is 0 Å². The summed E-state index contributed by atoms with van der Waals surface area (Å²) in [5.74, 6) is -0.148. The highest BCUT2D eigenvalue weighted by molar-refractivity contribution is 7.89. The van der Waals surface area contributed by atoms with Crippen molar-refractivity contribution in [1.82, 2.24) is 9.21 Å². The lowest BCUT2D eigenvalue weighted by Gasteiger charge is -2.31. The van der Waals surface area contributed by atoms with Crippen molar-refractivity contribution in [2.75, 3.05) is 27.2 Å². The number of carbonyl (C=O) groups excluding carboxylic acids is 1. The van der Waals surface area contributed by atoms with Gasteiger partial charge in [0, 0.05) is 45.2 Å². The molecule has 2 rings (SSSR count). The zero-order valence-electron chi connectivity index (χ0n) is 13.0. The maximum atomic E-state index is 12.5. The third-order valence-electron chi connectivity index (χ3n) is 3.93. The monoisotopic (exact) mass is 341 g/mol. The van der Waals surface area contributed by atoms with Gasteiger partial charge in [-0.2, -0.15) is 4.31 Å². The van der Waals surface area contributed by atoms with Gasteiger partial charge in [-0.3, -0.25) is 14.9 Å². The largest absolute Gasteiger partial charge is 0.349 e. The van der Waals surface area contributed by atoms with Crippen LogP contribution in [0.1, 0.15) is 12.8 Å². The summed E-state index contributed by atoms with van der Waals surface area (Å²) in [7, 11) is -0.322. The van der Waals surface area contributed by atoms with Crippen molar-refractivity contribution in [3.8, 4) is 0 Å². The molecule has 1 heterocycles. The zero-order chi connectivity index (χ0) is 17.2. The first kappa shape index (κ1) is 17.4. The van der Waals surface area contributed by atoms with E-state index in [1.54, 1.807) is 14.1 Å². The van der Waals surface area contributed by atoms with Crippen molar-refractivity contribution in [2.24, 2.45) is 5.92 Å². The Kier molecular flexibility index (Phi) is 5.00. The molecule has 1 fully saturated rings. The SMILES string of the molecule is CN(C)C(=O)C1CCN(S(=O)(=O)c2ccc([N+](=O)[O-])cc2)CC1. The highest BCUT2D eigenvalue weighted by Gasteiger charge is 2.32. The van der Waals surface area contributed by atoms with Crippen molar-refractivity contribution in [3.05, 3.63) is 34.4 Å². The number of nitro groups is 1. The Labute approximate surface area is 134 Å². The minimum Gasteiger partial charge on any atom is -0.349 e. The van der Waals surface area contributed by atoms with Crippen LogP contribution in [0.25, 0.3) is 0 Å². The lowest BCUT2D eigenvalue weighted by atomic mass is 9.97. The van der Waals surface area contributed by atoms with E-state index in [0.29, 0.717) is 12.8 Å². The first-order chi connectivity index (χ1) is 10.7. The summed E-state index contributed by atoms with van der Waals surface area (Å²) < 4.78 is 26.4. The van der Waals surface area contributed by atoms with Gasteiger partial charge in [0.15, 0.2) is 0 Å². The minimum absolute atomic E-state index is 0.0115. The molecule has 0 spiro atoms. The number of hydrogen-bond acceptors (Lipinski definition) is 5. The van der Waals surface area contributed by atoms with Crippen LogP contribution in [0.4, 0.5) is 5.69 Å². The van der Waals surface area contributed by atoms with Crippen molar-refractivity contribution in [3.63, 3.8) is 0 Å². The minimum atomic E-state index is -3.69. The van der Waals surface area contributed by atoms with Gasteiger partial charge in [-0.15, -0.1) is 0 Å². The van der Waals surface area contributed by atoms with E-state index >= 15 is 0 Å². The predicted octanol–water partition coefficient (Wildman–Crippen LogP) is 1.08. The molecule has 0 aliphatic carbocycles. The number of piperidine rings is 1. The number of sulfonamides is 1. The van der Waals surface area contributed by atoms with E-state index in [9.17, 15) is 23.3 Å². The number of non-ortho nitro benzene ring substituents is 1. The molecular weight excluding hydrogens is 322 g/mol. The molecule has 1 aliphatic heterocycles. The summed E-state index contributed by atoms with van der Waals surface area (Å²) in [6, 6.07) is 4.83. The molecule has 1 aromatic carbocycles. The van der Waals surface area contributed by atoms with E-state index in [2.05, 4.69) is 0 Å². The standard InChI is InChI=1S/C14H19N3O5S/c1-15(2)14(18)11-7-9-16(10-8-11)23(21,22)13-5-3-12(4-6-13)17(19)20/h3-6,11H,7-10H2,1-2H3. The number of amides is 1. The summed E-state index contributed by atoms with van der Waals surface area (Å²) in [5, 5.41) is 10.6. The van der Waals surface area contributed by atoms with Crippen molar-refractivity contribution >= 4 is 21.6 Å². The second-order valence-corrected chi connectivity index (χ2v) is 7.60. The smallest absolute Gasteiger partial charge is 0.269 e. The lowest BCUT2D eigenvalue weighted by molar-refractivity contribution is -0.384. The van der Waals surface area contributed by atoms with Crippen LogP contribution in [0.5, 0.6) is 0 Å². The van der Waals surface area contributed by atoms with Gasteiger partial charge in [-0.1, -0.05) is 0 Å². The molecule has 126 valence electrons. The van der Waals surface area contributed by atoms with Crippen LogP contribution in [-0.2, 0) is 14.8 Å². The van der Waals surface area contributed by atoms with E-state index in [-0.39, 0.29) is 35.5 Å². The summed E-state index contributed by atoms with van der Waals surface area (Å²) >= 11 is 0. The Morgan fingerprint density at radius 1 is 1.22 bits per heavy atom. The molecule has 0 bridgehead atoms. The van der Waals surface area contributed by atoms with Crippen molar-refractivity contribution in [2.45, 2.75) is 17.7 Å². The Balaban J connectivity index is 2.10. The van der Waals surface area contributed by atoms with Gasteiger partial charge in [0.25, 0.3) is 5.69 Å². The zero-order valence-corrected chi connectivity index (χ0v) is 13.8. The molecule has 0 atom stereocenters. The molecule has 1 aliphatic rings. The van der Waals surface area contributed by atoms with Gasteiger partial charge in [0.05, 0.1) is 9.82 Å². The van der Waals surface area contributed by atoms with Crippen LogP contribution in [0.3, 0.4) is 0 Å². The summed E-state index contributed by atoms with van der Waals surface area (Å²) in [4.78, 5) is 23.5. The maximum absolute atomic E-state index is 12.5. The Hall–Kier alpha value is -2.00. The fourth-order valence-corrected chi connectivity index (χ4v) is 4.07. The van der Waals surface area contributed by atoms with Gasteiger partial charge in [0.2, 0.25) is 15.9 Å². The lowest BCUT2D eigenvalue weighted by Crippen LogP contribution is -2.42. The molecular formula is C14H19N3O5S. The number of carbonyl (C=O) groups is 1. The molecule has 1 saturated heterocycles. The normalized spacial score (nSPS) is 17.0. The molecule has 9 heteroatoms. The average Bonchev–Trinajstić information content (AvgIpc) is 2.54. The molecule has 0 saturated carbocycles. The predicted molar refractivity (Wildman–Crippen MR) is 83.3 cm³/mol. The molecule has 23 heavy (non-hydrogen) atoms. The van der Waals surface area contributed by atoms with Gasteiger partial charge in [0.1, 0.15) is 0 Å². The Morgan fingerprint density at radius 2 is 1.74 bits per heavy atom. The molecule has 1 aromatic rings. The van der Waals surface area contributed by atoms with E-state index in [1.807, 2.05) is 0 Å². The third kappa shape index (κ3) is 3.67. The van der Waals surface area contributed by atoms with Gasteiger partial charge >= 0.3 is 0 Å². The fourth-order valence-electron chi connectivity index (χ4n) is 2.60. The number of benzene rings is 1. The van der Waals surface area contributed by atoms with Gasteiger partial charge < -0.3 is 4.90 Å². The highest BCUT2D eigenvalue weighted by Crippen LogP contribution is 2.25. The molecule has 1 amide bonds. The summed E-state index contributed by atoms with van der Waals surface area (Å²) in [6.45, 7) is 0.535. The van der Waals surface area contributed by atoms with Crippen LogP contribution in [-0.4, -0.2) is 55.6 Å². The molecule has 0 N–H and O–H groups in total. The summed E-state index contributed by atoms with van der Waals surface area (Å²) in [6.07, 6.45) is 0.951. The van der Waals surface area contributed by atoms with E-state index in [0.717, 1.165) is 0 Å². The molecule has 0 radical (unpaired) electrons. The average molecular weight is 341 g/mol. The molecule has 0 unspecified atom stereocenters. The topological polar surface area (TPSA) is 101 Å². The number of nitro benzene ring substituents is 1. The van der Waals surface area contributed by atoms with Gasteiger partial charge in [-0.25, -0.2) is 8.42 Å². The third-order valence-corrected chi connectivity index (χ3v) is 5.84. The quantitative estimate of drug-likeness (QED) is 0.602. The van der Waals surface area contributed by atoms with Crippen molar-refractivity contribution < 1.29 is 18.1 Å². The van der Waals surface area contributed by atoms with Crippen LogP contribution in [0.15, 0.2) is 29.2 Å². The highest BCUT2D eigenvalue weighted by atomic mass is 32.2. The first-order valence-electron chi connectivity index (χ1n) is 7.19. The van der Waals surface area contributed by atoms with E-state index in [1.165, 1.54) is 33.5 Å². The number of rotatable bonds is 4. The first-order valence-corrected chi connectivity index (χ1v) is 8.63. The van der Waals surface area contributed by atoms with Crippen molar-refractivity contribution in [1.29, 1.82) is 0 Å². The Morgan fingerprint density at radius 3 is 2.17 bits per heavy atom. The fraction of sp³-hybridized carbons (Fsp3) is 0.500. The van der Waals surface area contributed by atoms with E-state index < -0.39 is 14.9 Å². The molecule has 8 nitrogen and oxygen atoms in total. The number of hydrogen-bond donors (Lipinski definition) is 0. The molecule has 0 aromatic heterocycles. The maximum Gasteiger partial charge on any atom is 0.269 e.